The Morgan fingerprint density at radius 2 is 2.29 bits per heavy atom. The molecule has 2 aliphatic rings. The largest absolute Gasteiger partial charge is 0.393 e. The highest BCUT2D eigenvalue weighted by atomic mass is 16.3. The van der Waals surface area contributed by atoms with Gasteiger partial charge >= 0.3 is 0 Å². The van der Waals surface area contributed by atoms with Crippen molar-refractivity contribution in [3.63, 3.8) is 0 Å². The summed E-state index contributed by atoms with van der Waals surface area (Å²) in [5.41, 5.74) is 0. The molecule has 1 amide bonds. The molecule has 4 unspecified atom stereocenters. The molecule has 0 aromatic carbocycles. The molecule has 0 radical (unpaired) electrons. The summed E-state index contributed by atoms with van der Waals surface area (Å²) in [6.07, 6.45) is 4.07. The summed E-state index contributed by atoms with van der Waals surface area (Å²) in [6, 6.07) is 0.0292. The van der Waals surface area contributed by atoms with Gasteiger partial charge in [-0.3, -0.25) is 4.79 Å². The van der Waals surface area contributed by atoms with Gasteiger partial charge in [0.25, 0.3) is 0 Å². The second-order valence-corrected chi connectivity index (χ2v) is 5.64. The van der Waals surface area contributed by atoms with Crippen LogP contribution in [0.5, 0.6) is 0 Å². The Morgan fingerprint density at radius 3 is 3.00 bits per heavy atom. The summed E-state index contributed by atoms with van der Waals surface area (Å²) >= 11 is 0. The fourth-order valence-electron chi connectivity index (χ4n) is 3.19. The second-order valence-electron chi connectivity index (χ2n) is 5.64. The number of rotatable bonds is 4. The van der Waals surface area contributed by atoms with Gasteiger partial charge in [-0.15, -0.1) is 0 Å². The zero-order valence-electron chi connectivity index (χ0n) is 10.9. The molecule has 98 valence electrons. The maximum absolute atomic E-state index is 12.3. The zero-order chi connectivity index (χ0) is 12.4. The number of nitrogens with zero attached hydrogens (tertiary/aromatic N) is 1. The van der Waals surface area contributed by atoms with Crippen LogP contribution in [0.3, 0.4) is 0 Å². The molecule has 4 atom stereocenters. The van der Waals surface area contributed by atoms with Crippen LogP contribution in [0.15, 0.2) is 0 Å². The quantitative estimate of drug-likeness (QED) is 0.757. The highest BCUT2D eigenvalue weighted by Gasteiger charge is 2.43. The molecule has 1 aliphatic carbocycles. The number of aliphatic hydroxyl groups is 1. The van der Waals surface area contributed by atoms with E-state index in [4.69, 9.17) is 0 Å². The van der Waals surface area contributed by atoms with Crippen LogP contribution in [-0.2, 0) is 4.79 Å². The van der Waals surface area contributed by atoms with E-state index in [1.54, 1.807) is 11.8 Å². The predicted molar refractivity (Wildman–Crippen MR) is 66.6 cm³/mol. The minimum absolute atomic E-state index is 0.0292. The summed E-state index contributed by atoms with van der Waals surface area (Å²) < 4.78 is 0. The van der Waals surface area contributed by atoms with Crippen LogP contribution in [0.25, 0.3) is 0 Å². The smallest absolute Gasteiger partial charge is 0.239 e. The number of aliphatic hydroxyl groups excluding tert-OH is 1. The highest BCUT2D eigenvalue weighted by molar-refractivity contribution is 5.82. The molecule has 0 bridgehead atoms. The summed E-state index contributed by atoms with van der Waals surface area (Å²) in [7, 11) is 1.84. The van der Waals surface area contributed by atoms with E-state index in [1.807, 2.05) is 7.05 Å². The summed E-state index contributed by atoms with van der Waals surface area (Å²) in [4.78, 5) is 14.1. The van der Waals surface area contributed by atoms with Crippen LogP contribution in [-0.4, -0.2) is 48.2 Å². The zero-order valence-corrected chi connectivity index (χ0v) is 10.9. The van der Waals surface area contributed by atoms with Gasteiger partial charge in [-0.1, -0.05) is 6.42 Å². The van der Waals surface area contributed by atoms with Crippen LogP contribution in [0.4, 0.5) is 0 Å². The highest BCUT2D eigenvalue weighted by Crippen LogP contribution is 2.38. The molecular formula is C13H24N2O2. The summed E-state index contributed by atoms with van der Waals surface area (Å²) in [6.45, 7) is 3.41. The third-order valence-electron chi connectivity index (χ3n) is 4.27. The monoisotopic (exact) mass is 240 g/mol. The van der Waals surface area contributed by atoms with Crippen LogP contribution in [0.2, 0.25) is 0 Å². The van der Waals surface area contributed by atoms with Crippen molar-refractivity contribution in [3.8, 4) is 0 Å². The number of nitrogens with one attached hydrogen (secondary N) is 1. The number of carbonyl (C=O) groups excluding carboxylic acids is 1. The molecule has 1 saturated carbocycles. The number of hydrogen-bond donors (Lipinski definition) is 2. The van der Waals surface area contributed by atoms with Crippen molar-refractivity contribution < 1.29 is 9.90 Å². The molecule has 0 spiro atoms. The lowest BCUT2D eigenvalue weighted by atomic mass is 9.93. The van der Waals surface area contributed by atoms with Crippen molar-refractivity contribution in [2.75, 3.05) is 20.1 Å². The Balaban J connectivity index is 1.86. The summed E-state index contributed by atoms with van der Waals surface area (Å²) in [5.74, 6) is 1.48. The maximum atomic E-state index is 12.3. The predicted octanol–water partition coefficient (Wildman–Crippen LogP) is 0.604. The average molecular weight is 240 g/mol. The average Bonchev–Trinajstić information content (AvgIpc) is 2.86. The first-order chi connectivity index (χ1) is 8.09. The molecule has 1 aliphatic heterocycles. The van der Waals surface area contributed by atoms with E-state index in [0.29, 0.717) is 24.8 Å². The lowest BCUT2D eigenvalue weighted by Gasteiger charge is -2.25. The van der Waals surface area contributed by atoms with E-state index >= 15 is 0 Å². The normalized spacial score (nSPS) is 33.5. The molecule has 4 heteroatoms. The first-order valence-corrected chi connectivity index (χ1v) is 6.76. The number of carbonyl (C=O) groups is 1. The number of fused-ring (bicyclic) bond motifs is 1. The van der Waals surface area contributed by atoms with Crippen molar-refractivity contribution in [2.24, 2.45) is 11.8 Å². The van der Waals surface area contributed by atoms with Crippen molar-refractivity contribution in [1.82, 2.24) is 10.2 Å². The SMILES string of the molecule is CC(O)CCN(C)C(=O)C1NCC2CCCC21. The van der Waals surface area contributed by atoms with E-state index < -0.39 is 0 Å². The minimum atomic E-state index is -0.332. The molecule has 0 aromatic heterocycles. The van der Waals surface area contributed by atoms with Gasteiger partial charge in [0, 0.05) is 13.6 Å². The Labute approximate surface area is 103 Å². The summed E-state index contributed by atoms with van der Waals surface area (Å²) in [5, 5.41) is 12.6. The Kier molecular flexibility index (Phi) is 4.05. The van der Waals surface area contributed by atoms with Gasteiger partial charge in [-0.05, 0) is 44.6 Å². The van der Waals surface area contributed by atoms with Gasteiger partial charge in [-0.25, -0.2) is 0 Å². The Morgan fingerprint density at radius 1 is 1.53 bits per heavy atom. The lowest BCUT2D eigenvalue weighted by Crippen LogP contribution is -2.45. The molecule has 17 heavy (non-hydrogen) atoms. The number of amides is 1. The van der Waals surface area contributed by atoms with E-state index in [9.17, 15) is 9.90 Å². The van der Waals surface area contributed by atoms with Gasteiger partial charge in [0.15, 0.2) is 0 Å². The number of likely N-dealkylation sites (N-methyl/N-ethyl adjacent to an activating group) is 1. The van der Waals surface area contributed by atoms with Crippen molar-refractivity contribution in [2.45, 2.75) is 44.8 Å². The fraction of sp³-hybridized carbons (Fsp3) is 0.923. The van der Waals surface area contributed by atoms with Crippen LogP contribution >= 0.6 is 0 Å². The van der Waals surface area contributed by atoms with Gasteiger partial charge in [0.2, 0.25) is 5.91 Å². The molecule has 2 rings (SSSR count). The maximum Gasteiger partial charge on any atom is 0.239 e. The van der Waals surface area contributed by atoms with Gasteiger partial charge in [0.1, 0.15) is 0 Å². The first-order valence-electron chi connectivity index (χ1n) is 6.76. The van der Waals surface area contributed by atoms with E-state index in [-0.39, 0.29) is 18.1 Å². The second kappa shape index (κ2) is 5.36. The van der Waals surface area contributed by atoms with E-state index in [1.165, 1.54) is 19.3 Å². The van der Waals surface area contributed by atoms with Crippen LogP contribution < -0.4 is 5.32 Å². The topological polar surface area (TPSA) is 52.6 Å². The third kappa shape index (κ3) is 2.80. The molecule has 1 heterocycles. The molecule has 2 N–H and O–H groups in total. The molecule has 1 saturated heterocycles. The number of hydrogen-bond acceptors (Lipinski definition) is 3. The van der Waals surface area contributed by atoms with Gasteiger partial charge in [0.05, 0.1) is 12.1 Å². The minimum Gasteiger partial charge on any atom is -0.393 e. The molecular weight excluding hydrogens is 216 g/mol. The van der Waals surface area contributed by atoms with Crippen molar-refractivity contribution in [1.29, 1.82) is 0 Å². The lowest BCUT2D eigenvalue weighted by molar-refractivity contribution is -0.133. The van der Waals surface area contributed by atoms with Crippen molar-refractivity contribution in [3.05, 3.63) is 0 Å². The molecule has 2 fully saturated rings. The van der Waals surface area contributed by atoms with Crippen LogP contribution in [0, 0.1) is 11.8 Å². The Hall–Kier alpha value is -0.610. The molecule has 4 nitrogen and oxygen atoms in total. The van der Waals surface area contributed by atoms with Gasteiger partial charge < -0.3 is 15.3 Å². The third-order valence-corrected chi connectivity index (χ3v) is 4.27. The standard InChI is InChI=1S/C13H24N2O2/c1-9(16)6-7-15(2)13(17)12-11-5-3-4-10(11)8-14-12/h9-12,14,16H,3-8H2,1-2H3. The Bertz CT molecular complexity index is 281. The van der Waals surface area contributed by atoms with E-state index in [2.05, 4.69) is 5.32 Å². The molecule has 0 aromatic rings. The van der Waals surface area contributed by atoms with E-state index in [0.717, 1.165) is 6.54 Å². The van der Waals surface area contributed by atoms with Crippen LogP contribution in [0.1, 0.15) is 32.6 Å². The first kappa shape index (κ1) is 12.8. The van der Waals surface area contributed by atoms with Crippen molar-refractivity contribution >= 4 is 5.91 Å². The van der Waals surface area contributed by atoms with Gasteiger partial charge in [-0.2, -0.15) is 0 Å². The fourth-order valence-corrected chi connectivity index (χ4v) is 3.19.